The quantitative estimate of drug-likeness (QED) is 0.798. The third kappa shape index (κ3) is 1.83. The largest absolute Gasteiger partial charge is 0.399 e. The van der Waals surface area contributed by atoms with Crippen molar-refractivity contribution in [1.82, 2.24) is 4.98 Å². The zero-order valence-electron chi connectivity index (χ0n) is 9.39. The lowest BCUT2D eigenvalue weighted by atomic mass is 9.92. The summed E-state index contributed by atoms with van der Waals surface area (Å²) < 4.78 is 0. The minimum atomic E-state index is -0.741. The van der Waals surface area contributed by atoms with E-state index in [4.69, 9.17) is 5.73 Å². The summed E-state index contributed by atoms with van der Waals surface area (Å²) in [5.41, 5.74) is 9.80. The van der Waals surface area contributed by atoms with Crippen LogP contribution in [0, 0.1) is 0 Å². The van der Waals surface area contributed by atoms with E-state index in [2.05, 4.69) is 4.98 Å². The van der Waals surface area contributed by atoms with Gasteiger partial charge in [0.15, 0.2) is 0 Å². The second kappa shape index (κ2) is 3.82. The van der Waals surface area contributed by atoms with E-state index in [0.717, 1.165) is 29.0 Å². The van der Waals surface area contributed by atoms with Crippen LogP contribution in [0.4, 0.5) is 5.69 Å². The molecule has 1 aliphatic carbocycles. The first-order valence-electron chi connectivity index (χ1n) is 5.66. The molecule has 1 aromatic heterocycles. The maximum absolute atomic E-state index is 10.7. The van der Waals surface area contributed by atoms with E-state index in [9.17, 15) is 5.11 Å². The van der Waals surface area contributed by atoms with Crippen LogP contribution in [0.25, 0.3) is 0 Å². The predicted octanol–water partition coefficient (Wildman–Crippen LogP) is 2.10. The van der Waals surface area contributed by atoms with Gasteiger partial charge < -0.3 is 10.8 Å². The van der Waals surface area contributed by atoms with E-state index in [1.807, 2.05) is 24.4 Å². The van der Waals surface area contributed by atoms with Crippen LogP contribution in [0.2, 0.25) is 0 Å². The number of nitrogens with zero attached hydrogens (tertiary/aromatic N) is 1. The zero-order valence-corrected chi connectivity index (χ0v) is 10.2. The maximum Gasteiger partial charge on any atom is 0.0951 e. The van der Waals surface area contributed by atoms with Crippen LogP contribution in [0.5, 0.6) is 0 Å². The Hall–Kier alpha value is -1.39. The number of benzene rings is 1. The van der Waals surface area contributed by atoms with E-state index < -0.39 is 5.60 Å². The number of hydrogen-bond acceptors (Lipinski definition) is 4. The topological polar surface area (TPSA) is 59.1 Å². The molecular weight excluding hydrogens is 232 g/mol. The van der Waals surface area contributed by atoms with Crippen molar-refractivity contribution in [3.05, 3.63) is 45.9 Å². The Labute approximate surface area is 104 Å². The van der Waals surface area contributed by atoms with Crippen molar-refractivity contribution < 1.29 is 5.11 Å². The van der Waals surface area contributed by atoms with Crippen molar-refractivity contribution in [3.8, 4) is 0 Å². The first-order valence-corrected chi connectivity index (χ1v) is 6.54. The number of aryl methyl sites for hydroxylation is 1. The summed E-state index contributed by atoms with van der Waals surface area (Å²) in [6, 6.07) is 5.79. The molecule has 4 heteroatoms. The molecule has 3 N–H and O–H groups in total. The number of aromatic nitrogens is 1. The molecule has 3 nitrogen and oxygen atoms in total. The summed E-state index contributed by atoms with van der Waals surface area (Å²) >= 11 is 1.59. The molecule has 1 aliphatic rings. The summed E-state index contributed by atoms with van der Waals surface area (Å²) in [5.74, 6) is 0. The lowest BCUT2D eigenvalue weighted by Crippen LogP contribution is -2.24. The van der Waals surface area contributed by atoms with E-state index in [0.29, 0.717) is 6.42 Å². The number of nitrogen functional groups attached to an aromatic ring is 1. The van der Waals surface area contributed by atoms with E-state index in [1.54, 1.807) is 16.8 Å². The van der Waals surface area contributed by atoms with Gasteiger partial charge >= 0.3 is 0 Å². The molecule has 0 saturated carbocycles. The minimum Gasteiger partial charge on any atom is -0.399 e. The van der Waals surface area contributed by atoms with Crippen LogP contribution in [0.15, 0.2) is 29.9 Å². The van der Waals surface area contributed by atoms with Crippen molar-refractivity contribution >= 4 is 17.0 Å². The lowest BCUT2D eigenvalue weighted by molar-refractivity contribution is 0.0397. The van der Waals surface area contributed by atoms with E-state index in [-0.39, 0.29) is 0 Å². The second-order valence-corrected chi connectivity index (χ2v) is 5.56. The molecule has 3 rings (SSSR count). The third-order valence-electron chi connectivity index (χ3n) is 3.39. The fraction of sp³-hybridized carbons (Fsp3) is 0.308. The first kappa shape index (κ1) is 10.7. The van der Waals surface area contributed by atoms with Crippen LogP contribution < -0.4 is 5.73 Å². The fourth-order valence-corrected chi connectivity index (χ4v) is 3.25. The van der Waals surface area contributed by atoms with Crippen molar-refractivity contribution in [2.45, 2.75) is 24.9 Å². The monoisotopic (exact) mass is 246 g/mol. The average Bonchev–Trinajstić information content (AvgIpc) is 2.88. The number of hydrogen-bond donors (Lipinski definition) is 2. The van der Waals surface area contributed by atoms with Crippen LogP contribution >= 0.6 is 11.3 Å². The zero-order chi connectivity index (χ0) is 11.9. The van der Waals surface area contributed by atoms with Crippen molar-refractivity contribution in [1.29, 1.82) is 0 Å². The third-order valence-corrected chi connectivity index (χ3v) is 4.17. The van der Waals surface area contributed by atoms with Crippen molar-refractivity contribution in [3.63, 3.8) is 0 Å². The summed E-state index contributed by atoms with van der Waals surface area (Å²) in [6.07, 6.45) is 4.14. The van der Waals surface area contributed by atoms with Gasteiger partial charge in [0.05, 0.1) is 11.1 Å². The summed E-state index contributed by atoms with van der Waals surface area (Å²) in [7, 11) is 0. The van der Waals surface area contributed by atoms with Gasteiger partial charge in [0.1, 0.15) is 0 Å². The Morgan fingerprint density at radius 3 is 3.12 bits per heavy atom. The molecule has 17 heavy (non-hydrogen) atoms. The van der Waals surface area contributed by atoms with Crippen LogP contribution in [0.3, 0.4) is 0 Å². The number of aliphatic hydroxyl groups is 1. The average molecular weight is 246 g/mol. The van der Waals surface area contributed by atoms with Crippen LogP contribution in [-0.2, 0) is 18.4 Å². The normalized spacial score (nSPS) is 22.6. The number of anilines is 1. The molecule has 0 saturated heterocycles. The number of fused-ring (bicyclic) bond motifs is 1. The molecule has 1 atom stereocenters. The van der Waals surface area contributed by atoms with Gasteiger partial charge in [-0.25, -0.2) is 0 Å². The Morgan fingerprint density at radius 1 is 1.47 bits per heavy atom. The molecule has 1 heterocycles. The van der Waals surface area contributed by atoms with Gasteiger partial charge in [0.2, 0.25) is 0 Å². The molecule has 2 aromatic rings. The maximum atomic E-state index is 10.7. The SMILES string of the molecule is Nc1ccc2c(c1)CCC2(O)Cc1cncs1. The van der Waals surface area contributed by atoms with E-state index in [1.165, 1.54) is 5.56 Å². The fourth-order valence-electron chi connectivity index (χ4n) is 2.55. The Balaban J connectivity index is 1.96. The molecule has 0 radical (unpaired) electrons. The Bertz CT molecular complexity index is 538. The Kier molecular flexibility index (Phi) is 2.42. The van der Waals surface area contributed by atoms with Gasteiger partial charge in [-0.2, -0.15) is 0 Å². The highest BCUT2D eigenvalue weighted by Crippen LogP contribution is 2.40. The molecule has 1 unspecified atom stereocenters. The van der Waals surface area contributed by atoms with Gasteiger partial charge in [-0.1, -0.05) is 6.07 Å². The molecule has 0 amide bonds. The van der Waals surface area contributed by atoms with Crippen molar-refractivity contribution in [2.75, 3.05) is 5.73 Å². The molecule has 0 fully saturated rings. The first-order chi connectivity index (χ1) is 8.17. The number of thiazole rings is 1. The number of nitrogens with two attached hydrogens (primary N) is 1. The highest BCUT2D eigenvalue weighted by molar-refractivity contribution is 7.09. The molecule has 1 aromatic carbocycles. The van der Waals surface area contributed by atoms with Gasteiger partial charge in [-0.3, -0.25) is 4.98 Å². The smallest absolute Gasteiger partial charge is 0.0951 e. The highest BCUT2D eigenvalue weighted by Gasteiger charge is 2.36. The molecule has 0 spiro atoms. The van der Waals surface area contributed by atoms with Gasteiger partial charge in [0, 0.05) is 23.2 Å². The van der Waals surface area contributed by atoms with Crippen LogP contribution in [0.1, 0.15) is 22.4 Å². The standard InChI is InChI=1S/C13H14N2OS/c14-10-1-2-12-9(5-10)3-4-13(12,16)6-11-7-15-8-17-11/h1-2,5,7-8,16H,3-4,6,14H2. The lowest BCUT2D eigenvalue weighted by Gasteiger charge is -2.23. The summed E-state index contributed by atoms with van der Waals surface area (Å²) in [6.45, 7) is 0. The van der Waals surface area contributed by atoms with Crippen molar-refractivity contribution in [2.24, 2.45) is 0 Å². The van der Waals surface area contributed by atoms with Crippen LogP contribution in [-0.4, -0.2) is 10.1 Å². The van der Waals surface area contributed by atoms with E-state index >= 15 is 0 Å². The van der Waals surface area contributed by atoms with Gasteiger partial charge in [-0.05, 0) is 36.1 Å². The summed E-state index contributed by atoms with van der Waals surface area (Å²) in [4.78, 5) is 5.18. The molecule has 0 aliphatic heterocycles. The summed E-state index contributed by atoms with van der Waals surface area (Å²) in [5, 5.41) is 10.7. The minimum absolute atomic E-state index is 0.647. The Morgan fingerprint density at radius 2 is 2.35 bits per heavy atom. The molecule has 0 bridgehead atoms. The molecular formula is C13H14N2OS. The second-order valence-electron chi connectivity index (χ2n) is 4.59. The van der Waals surface area contributed by atoms with Gasteiger partial charge in [0.25, 0.3) is 0 Å². The van der Waals surface area contributed by atoms with Gasteiger partial charge in [-0.15, -0.1) is 11.3 Å². The molecule has 88 valence electrons. The predicted molar refractivity (Wildman–Crippen MR) is 68.9 cm³/mol. The number of rotatable bonds is 2. The highest BCUT2D eigenvalue weighted by atomic mass is 32.1.